The van der Waals surface area contributed by atoms with Gasteiger partial charge in [-0.1, -0.05) is 15.9 Å². The fourth-order valence-corrected chi connectivity index (χ4v) is 1.90. The van der Waals surface area contributed by atoms with E-state index in [2.05, 4.69) is 20.7 Å². The van der Waals surface area contributed by atoms with Gasteiger partial charge in [-0.05, 0) is 30.1 Å². The van der Waals surface area contributed by atoms with E-state index in [1.807, 2.05) is 6.07 Å². The molecular weight excluding hydrogens is 254 g/mol. The molecule has 0 saturated carbocycles. The predicted octanol–water partition coefficient (Wildman–Crippen LogP) is 2.20. The maximum absolute atomic E-state index is 11.1. The summed E-state index contributed by atoms with van der Waals surface area (Å²) in [5, 5.41) is 5.37. The molecule has 0 aromatic heterocycles. The van der Waals surface area contributed by atoms with Gasteiger partial charge >= 0.3 is 5.97 Å². The lowest BCUT2D eigenvalue weighted by molar-refractivity contribution is 0.0600. The molecule has 0 aliphatic carbocycles. The van der Waals surface area contributed by atoms with Crippen LogP contribution in [0.5, 0.6) is 0 Å². The molecule has 0 radical (unpaired) electrons. The van der Waals surface area contributed by atoms with Crippen molar-refractivity contribution in [2.24, 2.45) is 5.14 Å². The highest BCUT2D eigenvalue weighted by Crippen LogP contribution is 2.21. The van der Waals surface area contributed by atoms with E-state index in [1.165, 1.54) is 7.11 Å². The minimum Gasteiger partial charge on any atom is -0.465 e. The van der Waals surface area contributed by atoms with Gasteiger partial charge in [0.2, 0.25) is 0 Å². The molecule has 0 spiro atoms. The van der Waals surface area contributed by atoms with Gasteiger partial charge in [-0.15, -0.1) is 0 Å². The number of ether oxygens (including phenoxy) is 1. The fourth-order valence-electron chi connectivity index (χ4n) is 0.866. The van der Waals surface area contributed by atoms with Gasteiger partial charge in [0.15, 0.2) is 0 Å². The van der Waals surface area contributed by atoms with Crippen molar-refractivity contribution in [3.63, 3.8) is 0 Å². The highest BCUT2D eigenvalue weighted by atomic mass is 79.9. The molecule has 1 aromatic carbocycles. The maximum Gasteiger partial charge on any atom is 0.337 e. The standard InChI is InChI=1S/C8H8BrNO2S/c1-12-8(11)5-2-6(9)4-7(3-5)13-10/h2-4H,10H2,1H3. The van der Waals surface area contributed by atoms with Crippen LogP contribution in [0, 0.1) is 0 Å². The second-order valence-electron chi connectivity index (χ2n) is 2.29. The third-order valence-electron chi connectivity index (χ3n) is 1.43. The maximum atomic E-state index is 11.1. The molecule has 1 rings (SSSR count). The summed E-state index contributed by atoms with van der Waals surface area (Å²) in [6.07, 6.45) is 0. The lowest BCUT2D eigenvalue weighted by atomic mass is 10.2. The fraction of sp³-hybridized carbons (Fsp3) is 0.125. The van der Waals surface area contributed by atoms with Crippen LogP contribution < -0.4 is 5.14 Å². The van der Waals surface area contributed by atoms with Crippen LogP contribution in [0.1, 0.15) is 10.4 Å². The third-order valence-corrected chi connectivity index (χ3v) is 2.39. The first kappa shape index (κ1) is 10.6. The molecule has 70 valence electrons. The van der Waals surface area contributed by atoms with Gasteiger partial charge in [0.1, 0.15) is 0 Å². The van der Waals surface area contributed by atoms with Crippen molar-refractivity contribution in [3.8, 4) is 0 Å². The van der Waals surface area contributed by atoms with Gasteiger partial charge in [0, 0.05) is 9.37 Å². The molecule has 13 heavy (non-hydrogen) atoms. The summed E-state index contributed by atoms with van der Waals surface area (Å²) in [4.78, 5) is 12.0. The highest BCUT2D eigenvalue weighted by molar-refractivity contribution is 9.10. The van der Waals surface area contributed by atoms with E-state index in [9.17, 15) is 4.79 Å². The number of methoxy groups -OCH3 is 1. The largest absolute Gasteiger partial charge is 0.465 e. The van der Waals surface area contributed by atoms with E-state index >= 15 is 0 Å². The zero-order valence-electron chi connectivity index (χ0n) is 6.91. The lowest BCUT2D eigenvalue weighted by Gasteiger charge is -2.02. The van der Waals surface area contributed by atoms with Crippen molar-refractivity contribution in [3.05, 3.63) is 28.2 Å². The Labute approximate surface area is 88.9 Å². The highest BCUT2D eigenvalue weighted by Gasteiger charge is 2.07. The van der Waals surface area contributed by atoms with Crippen LogP contribution in [0.15, 0.2) is 27.6 Å². The topological polar surface area (TPSA) is 52.3 Å². The molecule has 0 atom stereocenters. The van der Waals surface area contributed by atoms with Crippen LogP contribution >= 0.6 is 27.9 Å². The van der Waals surface area contributed by atoms with Gasteiger partial charge in [0.25, 0.3) is 0 Å². The van der Waals surface area contributed by atoms with E-state index in [0.717, 1.165) is 21.3 Å². The molecule has 0 bridgehead atoms. The van der Waals surface area contributed by atoms with Crippen LogP contribution in [-0.4, -0.2) is 13.1 Å². The summed E-state index contributed by atoms with van der Waals surface area (Å²) in [6, 6.07) is 5.20. The van der Waals surface area contributed by atoms with Crippen molar-refractivity contribution in [2.45, 2.75) is 4.90 Å². The first-order valence-electron chi connectivity index (χ1n) is 3.43. The Kier molecular flexibility index (Phi) is 3.77. The Morgan fingerprint density at radius 2 is 2.23 bits per heavy atom. The molecule has 0 heterocycles. The molecule has 0 aliphatic heterocycles. The number of nitrogens with two attached hydrogens (primary N) is 1. The minimum absolute atomic E-state index is 0.364. The molecule has 0 fully saturated rings. The number of hydrogen-bond donors (Lipinski definition) is 1. The van der Waals surface area contributed by atoms with Crippen molar-refractivity contribution >= 4 is 33.8 Å². The van der Waals surface area contributed by atoms with Crippen LogP contribution in [0.2, 0.25) is 0 Å². The number of esters is 1. The van der Waals surface area contributed by atoms with Gasteiger partial charge in [0.05, 0.1) is 12.7 Å². The Hall–Kier alpha value is -0.520. The van der Waals surface area contributed by atoms with E-state index in [0.29, 0.717) is 5.56 Å². The summed E-state index contributed by atoms with van der Waals surface area (Å²) >= 11 is 4.36. The minimum atomic E-state index is -0.364. The second kappa shape index (κ2) is 4.64. The Bertz CT molecular complexity index is 330. The number of carbonyl (C=O) groups excluding carboxylic acids is 1. The van der Waals surface area contributed by atoms with E-state index < -0.39 is 0 Å². The lowest BCUT2D eigenvalue weighted by Crippen LogP contribution is -2.01. The molecule has 0 aliphatic rings. The van der Waals surface area contributed by atoms with Crippen LogP contribution in [0.25, 0.3) is 0 Å². The SMILES string of the molecule is COC(=O)c1cc(Br)cc(SN)c1. The van der Waals surface area contributed by atoms with Crippen LogP contribution in [0.3, 0.4) is 0 Å². The number of carbonyl (C=O) groups is 1. The van der Waals surface area contributed by atoms with Crippen LogP contribution in [-0.2, 0) is 4.74 Å². The van der Waals surface area contributed by atoms with E-state index in [-0.39, 0.29) is 5.97 Å². The molecule has 0 amide bonds. The van der Waals surface area contributed by atoms with E-state index in [4.69, 9.17) is 5.14 Å². The first-order valence-corrected chi connectivity index (χ1v) is 5.10. The molecule has 1 aromatic rings. The Morgan fingerprint density at radius 3 is 2.77 bits per heavy atom. The Morgan fingerprint density at radius 1 is 1.54 bits per heavy atom. The Balaban J connectivity index is 3.08. The molecule has 2 N–H and O–H groups in total. The van der Waals surface area contributed by atoms with Crippen molar-refractivity contribution < 1.29 is 9.53 Å². The summed E-state index contributed by atoms with van der Waals surface area (Å²) < 4.78 is 5.39. The second-order valence-corrected chi connectivity index (χ2v) is 3.91. The summed E-state index contributed by atoms with van der Waals surface area (Å²) in [6.45, 7) is 0. The average Bonchev–Trinajstić information content (AvgIpc) is 2.15. The molecule has 0 saturated heterocycles. The summed E-state index contributed by atoms with van der Waals surface area (Å²) in [5.74, 6) is -0.364. The molecule has 3 nitrogen and oxygen atoms in total. The average molecular weight is 262 g/mol. The van der Waals surface area contributed by atoms with Crippen molar-refractivity contribution in [2.75, 3.05) is 7.11 Å². The zero-order valence-corrected chi connectivity index (χ0v) is 9.31. The van der Waals surface area contributed by atoms with E-state index in [1.54, 1.807) is 12.1 Å². The number of benzene rings is 1. The molecule has 0 unspecified atom stereocenters. The van der Waals surface area contributed by atoms with Crippen molar-refractivity contribution in [1.29, 1.82) is 0 Å². The normalized spacial score (nSPS) is 9.77. The number of rotatable bonds is 2. The monoisotopic (exact) mass is 261 g/mol. The first-order chi connectivity index (χ1) is 6.17. The van der Waals surface area contributed by atoms with Gasteiger partial charge in [-0.25, -0.2) is 4.79 Å². The molecule has 5 heteroatoms. The van der Waals surface area contributed by atoms with Gasteiger partial charge < -0.3 is 4.74 Å². The molecular formula is C8H8BrNO2S. The van der Waals surface area contributed by atoms with Gasteiger partial charge in [-0.3, -0.25) is 5.14 Å². The zero-order chi connectivity index (χ0) is 9.84. The number of halogens is 1. The predicted molar refractivity (Wildman–Crippen MR) is 55.5 cm³/mol. The van der Waals surface area contributed by atoms with Gasteiger partial charge in [-0.2, -0.15) is 0 Å². The third kappa shape index (κ3) is 2.72. The summed E-state index contributed by atoms with van der Waals surface area (Å²) in [5.41, 5.74) is 0.491. The van der Waals surface area contributed by atoms with Crippen LogP contribution in [0.4, 0.5) is 0 Å². The summed E-state index contributed by atoms with van der Waals surface area (Å²) in [7, 11) is 1.35. The number of hydrogen-bond acceptors (Lipinski definition) is 4. The quantitative estimate of drug-likeness (QED) is 0.655. The smallest absolute Gasteiger partial charge is 0.337 e. The van der Waals surface area contributed by atoms with Crippen molar-refractivity contribution in [1.82, 2.24) is 0 Å².